The summed E-state index contributed by atoms with van der Waals surface area (Å²) < 4.78 is 10.6. The monoisotopic (exact) mass is 270 g/mol. The zero-order valence-electron chi connectivity index (χ0n) is 11.0. The van der Waals surface area contributed by atoms with Gasteiger partial charge in [-0.1, -0.05) is 11.6 Å². The molecule has 0 radical (unpaired) electrons. The van der Waals surface area contributed by atoms with Crippen LogP contribution in [0.25, 0.3) is 0 Å². The van der Waals surface area contributed by atoms with Gasteiger partial charge in [0.15, 0.2) is 0 Å². The molecule has 0 bridgehead atoms. The fourth-order valence-corrected chi connectivity index (χ4v) is 2.48. The van der Waals surface area contributed by atoms with Crippen molar-refractivity contribution in [3.05, 3.63) is 17.2 Å². The number of hydrogen-bond acceptors (Lipinski definition) is 4. The SMILES string of the molecule is COc1cc(OC)c(N2CCNC(C)C2)cc1Cl. The van der Waals surface area contributed by atoms with Gasteiger partial charge in [0.25, 0.3) is 0 Å². The Bertz CT molecular complexity index is 426. The van der Waals surface area contributed by atoms with Crippen molar-refractivity contribution >= 4 is 17.3 Å². The summed E-state index contributed by atoms with van der Waals surface area (Å²) in [6.45, 7) is 5.03. The molecular formula is C13H19ClN2O2. The zero-order valence-corrected chi connectivity index (χ0v) is 11.8. The van der Waals surface area contributed by atoms with E-state index in [4.69, 9.17) is 21.1 Å². The molecule has 0 spiro atoms. The van der Waals surface area contributed by atoms with Gasteiger partial charge in [-0.2, -0.15) is 0 Å². The highest BCUT2D eigenvalue weighted by Gasteiger charge is 2.20. The summed E-state index contributed by atoms with van der Waals surface area (Å²) in [7, 11) is 3.27. The molecule has 5 heteroatoms. The number of benzene rings is 1. The van der Waals surface area contributed by atoms with Crippen LogP contribution in [0, 0.1) is 0 Å². The average molecular weight is 271 g/mol. The molecule has 0 amide bonds. The van der Waals surface area contributed by atoms with Gasteiger partial charge < -0.3 is 19.7 Å². The number of hydrogen-bond donors (Lipinski definition) is 1. The summed E-state index contributed by atoms with van der Waals surface area (Å²) >= 11 is 6.19. The fourth-order valence-electron chi connectivity index (χ4n) is 2.24. The lowest BCUT2D eigenvalue weighted by molar-refractivity contribution is 0.392. The normalized spacial score (nSPS) is 19.8. The third-order valence-corrected chi connectivity index (χ3v) is 3.46. The van der Waals surface area contributed by atoms with Crippen LogP contribution >= 0.6 is 11.6 Å². The van der Waals surface area contributed by atoms with Gasteiger partial charge in [0, 0.05) is 31.7 Å². The van der Waals surface area contributed by atoms with Gasteiger partial charge in [-0.15, -0.1) is 0 Å². The topological polar surface area (TPSA) is 33.7 Å². The smallest absolute Gasteiger partial charge is 0.145 e. The number of halogens is 1. The van der Waals surface area contributed by atoms with Crippen LogP contribution in [0.1, 0.15) is 6.92 Å². The van der Waals surface area contributed by atoms with E-state index in [0.29, 0.717) is 16.8 Å². The van der Waals surface area contributed by atoms with Gasteiger partial charge in [-0.3, -0.25) is 0 Å². The van der Waals surface area contributed by atoms with Crippen molar-refractivity contribution in [3.8, 4) is 11.5 Å². The quantitative estimate of drug-likeness (QED) is 0.913. The first-order valence-electron chi connectivity index (χ1n) is 6.05. The lowest BCUT2D eigenvalue weighted by Crippen LogP contribution is -2.49. The molecule has 1 fully saturated rings. The van der Waals surface area contributed by atoms with Crippen LogP contribution in [0.15, 0.2) is 12.1 Å². The Morgan fingerprint density at radius 1 is 1.28 bits per heavy atom. The summed E-state index contributed by atoms with van der Waals surface area (Å²) in [5.74, 6) is 1.44. The summed E-state index contributed by atoms with van der Waals surface area (Å²) in [5.41, 5.74) is 1.02. The van der Waals surface area contributed by atoms with Crippen LogP contribution in [0.4, 0.5) is 5.69 Å². The van der Waals surface area contributed by atoms with E-state index in [0.717, 1.165) is 31.1 Å². The molecule has 1 aliphatic rings. The number of methoxy groups -OCH3 is 2. The minimum absolute atomic E-state index is 0.462. The van der Waals surface area contributed by atoms with Gasteiger partial charge in [-0.05, 0) is 13.0 Å². The van der Waals surface area contributed by atoms with Crippen LogP contribution in [0.5, 0.6) is 11.5 Å². The van der Waals surface area contributed by atoms with Crippen LogP contribution in [0.2, 0.25) is 5.02 Å². The van der Waals surface area contributed by atoms with Gasteiger partial charge in [0.1, 0.15) is 11.5 Å². The molecule has 1 heterocycles. The predicted molar refractivity (Wildman–Crippen MR) is 74.2 cm³/mol. The van der Waals surface area contributed by atoms with Gasteiger partial charge in [0.2, 0.25) is 0 Å². The second-order valence-electron chi connectivity index (χ2n) is 4.46. The Balaban J connectivity index is 2.33. The molecule has 1 saturated heterocycles. The van der Waals surface area contributed by atoms with E-state index in [1.54, 1.807) is 14.2 Å². The van der Waals surface area contributed by atoms with E-state index in [-0.39, 0.29) is 0 Å². The number of ether oxygens (including phenoxy) is 2. The van der Waals surface area contributed by atoms with Crippen LogP contribution < -0.4 is 19.7 Å². The lowest BCUT2D eigenvalue weighted by Gasteiger charge is -2.34. The molecule has 0 aromatic heterocycles. The minimum Gasteiger partial charge on any atom is -0.495 e. The Labute approximate surface area is 113 Å². The van der Waals surface area contributed by atoms with Crippen molar-refractivity contribution in [2.45, 2.75) is 13.0 Å². The predicted octanol–water partition coefficient (Wildman–Crippen LogP) is 2.16. The number of rotatable bonds is 3. The van der Waals surface area contributed by atoms with E-state index < -0.39 is 0 Å². The van der Waals surface area contributed by atoms with Crippen molar-refractivity contribution in [2.24, 2.45) is 0 Å². The molecule has 2 rings (SSSR count). The molecule has 1 atom stereocenters. The molecule has 1 aliphatic heterocycles. The lowest BCUT2D eigenvalue weighted by atomic mass is 10.2. The number of piperazine rings is 1. The third kappa shape index (κ3) is 2.65. The van der Waals surface area contributed by atoms with E-state index in [1.807, 2.05) is 12.1 Å². The summed E-state index contributed by atoms with van der Waals surface area (Å²) in [5, 5.41) is 4.03. The van der Waals surface area contributed by atoms with Crippen LogP contribution in [0.3, 0.4) is 0 Å². The third-order valence-electron chi connectivity index (χ3n) is 3.16. The molecule has 1 N–H and O–H groups in total. The van der Waals surface area contributed by atoms with Crippen LogP contribution in [-0.2, 0) is 0 Å². The first kappa shape index (κ1) is 13.3. The second kappa shape index (κ2) is 5.67. The van der Waals surface area contributed by atoms with Gasteiger partial charge in [-0.25, -0.2) is 0 Å². The van der Waals surface area contributed by atoms with Crippen molar-refractivity contribution < 1.29 is 9.47 Å². The van der Waals surface area contributed by atoms with Crippen molar-refractivity contribution in [1.82, 2.24) is 5.32 Å². The maximum absolute atomic E-state index is 6.19. The summed E-state index contributed by atoms with van der Waals surface area (Å²) in [6.07, 6.45) is 0. The summed E-state index contributed by atoms with van der Waals surface area (Å²) in [4.78, 5) is 2.28. The first-order valence-corrected chi connectivity index (χ1v) is 6.43. The molecule has 18 heavy (non-hydrogen) atoms. The fraction of sp³-hybridized carbons (Fsp3) is 0.538. The van der Waals surface area contributed by atoms with Gasteiger partial charge >= 0.3 is 0 Å². The van der Waals surface area contributed by atoms with E-state index in [9.17, 15) is 0 Å². The van der Waals surface area contributed by atoms with Crippen molar-refractivity contribution in [2.75, 3.05) is 38.8 Å². The molecular weight excluding hydrogens is 252 g/mol. The highest BCUT2D eigenvalue weighted by atomic mass is 35.5. The minimum atomic E-state index is 0.462. The van der Waals surface area contributed by atoms with E-state index >= 15 is 0 Å². The molecule has 0 aliphatic carbocycles. The van der Waals surface area contributed by atoms with E-state index in [1.165, 1.54) is 0 Å². The Hall–Kier alpha value is -1.13. The first-order chi connectivity index (χ1) is 8.65. The number of anilines is 1. The van der Waals surface area contributed by atoms with E-state index in [2.05, 4.69) is 17.1 Å². The highest BCUT2D eigenvalue weighted by molar-refractivity contribution is 6.32. The molecule has 4 nitrogen and oxygen atoms in total. The molecule has 100 valence electrons. The number of nitrogens with one attached hydrogen (secondary N) is 1. The summed E-state index contributed by atoms with van der Waals surface area (Å²) in [6, 6.07) is 4.21. The van der Waals surface area contributed by atoms with Crippen molar-refractivity contribution in [1.29, 1.82) is 0 Å². The molecule has 1 aromatic rings. The Morgan fingerprint density at radius 3 is 2.61 bits per heavy atom. The standard InChI is InChI=1S/C13H19ClN2O2/c1-9-8-16(5-4-15-9)11-6-10(14)12(17-2)7-13(11)18-3/h6-7,9,15H,4-5,8H2,1-3H3. The average Bonchev–Trinajstić information content (AvgIpc) is 2.38. The van der Waals surface area contributed by atoms with Crippen LogP contribution in [-0.4, -0.2) is 39.9 Å². The molecule has 1 aromatic carbocycles. The Morgan fingerprint density at radius 2 is 2.00 bits per heavy atom. The molecule has 1 unspecified atom stereocenters. The zero-order chi connectivity index (χ0) is 13.1. The van der Waals surface area contributed by atoms with Crippen molar-refractivity contribution in [3.63, 3.8) is 0 Å². The van der Waals surface area contributed by atoms with Gasteiger partial charge in [0.05, 0.1) is 24.9 Å². The molecule has 0 saturated carbocycles. The Kier molecular flexibility index (Phi) is 4.19. The maximum atomic E-state index is 6.19. The largest absolute Gasteiger partial charge is 0.495 e. The number of nitrogens with zero attached hydrogens (tertiary/aromatic N) is 1. The maximum Gasteiger partial charge on any atom is 0.145 e. The highest BCUT2D eigenvalue weighted by Crippen LogP contribution is 2.38. The second-order valence-corrected chi connectivity index (χ2v) is 4.87.